The summed E-state index contributed by atoms with van der Waals surface area (Å²) in [5.74, 6) is 1.88. The molecule has 0 amide bonds. The summed E-state index contributed by atoms with van der Waals surface area (Å²) in [6, 6.07) is 16.0. The highest BCUT2D eigenvalue weighted by atomic mass is 32.1. The molecule has 0 N–H and O–H groups in total. The maximum absolute atomic E-state index is 12.8. The van der Waals surface area contributed by atoms with Gasteiger partial charge in [-0.3, -0.25) is 4.79 Å². The van der Waals surface area contributed by atoms with Crippen LogP contribution in [0.1, 0.15) is 63.5 Å². The summed E-state index contributed by atoms with van der Waals surface area (Å²) in [7, 11) is 0. The van der Waals surface area contributed by atoms with Crippen LogP contribution < -0.4 is 14.8 Å². The zero-order chi connectivity index (χ0) is 22.5. The van der Waals surface area contributed by atoms with Crippen molar-refractivity contribution in [3.63, 3.8) is 0 Å². The van der Waals surface area contributed by atoms with E-state index in [9.17, 15) is 4.79 Å². The van der Waals surface area contributed by atoms with Gasteiger partial charge < -0.3 is 4.74 Å². The van der Waals surface area contributed by atoms with Crippen molar-refractivity contribution in [2.75, 3.05) is 6.61 Å². The second-order valence-corrected chi connectivity index (χ2v) is 9.31. The van der Waals surface area contributed by atoms with Gasteiger partial charge in [-0.15, -0.1) is 5.10 Å². The van der Waals surface area contributed by atoms with Crippen molar-refractivity contribution in [1.82, 2.24) is 14.6 Å². The quantitative estimate of drug-likeness (QED) is 0.320. The first-order chi connectivity index (χ1) is 15.5. The predicted molar refractivity (Wildman–Crippen MR) is 132 cm³/mol. The number of unbranched alkanes of at least 4 members (excludes halogenated alkanes) is 3. The molecule has 0 unspecified atom stereocenters. The Morgan fingerprint density at radius 1 is 1.03 bits per heavy atom. The van der Waals surface area contributed by atoms with Crippen LogP contribution in [0.4, 0.5) is 0 Å². The number of nitrogens with zero attached hydrogens (tertiary/aromatic N) is 3. The smallest absolute Gasteiger partial charge is 0.291 e. The van der Waals surface area contributed by atoms with Crippen LogP contribution in [0.15, 0.2) is 53.3 Å². The first-order valence-corrected chi connectivity index (χ1v) is 12.1. The number of ether oxygens (including phenoxy) is 1. The van der Waals surface area contributed by atoms with Crippen LogP contribution in [-0.4, -0.2) is 21.2 Å². The molecule has 4 aromatic rings. The van der Waals surface area contributed by atoms with Gasteiger partial charge in [-0.2, -0.15) is 9.50 Å². The maximum atomic E-state index is 12.8. The topological polar surface area (TPSA) is 56.5 Å². The van der Waals surface area contributed by atoms with Crippen LogP contribution in [0.2, 0.25) is 0 Å². The molecular weight excluding hydrogens is 418 g/mol. The minimum atomic E-state index is -0.135. The van der Waals surface area contributed by atoms with Gasteiger partial charge in [-0.1, -0.05) is 75.6 Å². The molecule has 0 fully saturated rings. The van der Waals surface area contributed by atoms with Crippen molar-refractivity contribution >= 4 is 22.4 Å². The van der Waals surface area contributed by atoms with Crippen LogP contribution in [-0.2, 0) is 0 Å². The second-order valence-electron chi connectivity index (χ2n) is 8.30. The van der Waals surface area contributed by atoms with Crippen LogP contribution >= 0.6 is 11.3 Å². The van der Waals surface area contributed by atoms with Gasteiger partial charge in [0.15, 0.2) is 5.82 Å². The molecule has 0 aliphatic rings. The van der Waals surface area contributed by atoms with Gasteiger partial charge in [0.2, 0.25) is 4.96 Å². The molecule has 0 saturated heterocycles. The van der Waals surface area contributed by atoms with Gasteiger partial charge in [0.05, 0.1) is 11.1 Å². The van der Waals surface area contributed by atoms with E-state index in [4.69, 9.17) is 4.74 Å². The molecule has 2 aromatic heterocycles. The average molecular weight is 448 g/mol. The fourth-order valence-electron chi connectivity index (χ4n) is 3.50. The Morgan fingerprint density at radius 2 is 1.78 bits per heavy atom. The minimum Gasteiger partial charge on any atom is -0.494 e. The maximum Gasteiger partial charge on any atom is 0.291 e. The highest BCUT2D eigenvalue weighted by Gasteiger charge is 2.12. The zero-order valence-electron chi connectivity index (χ0n) is 18.9. The van der Waals surface area contributed by atoms with Crippen molar-refractivity contribution in [2.24, 2.45) is 0 Å². The molecule has 32 heavy (non-hydrogen) atoms. The lowest BCUT2D eigenvalue weighted by molar-refractivity contribution is 0.305. The van der Waals surface area contributed by atoms with Gasteiger partial charge in [0, 0.05) is 5.56 Å². The lowest BCUT2D eigenvalue weighted by Crippen LogP contribution is -2.23. The first-order valence-electron chi connectivity index (χ1n) is 11.3. The molecule has 0 spiro atoms. The normalized spacial score (nSPS) is 12.2. The third-order valence-electron chi connectivity index (χ3n) is 5.46. The van der Waals surface area contributed by atoms with Crippen molar-refractivity contribution in [3.05, 3.63) is 74.5 Å². The third kappa shape index (κ3) is 5.07. The van der Waals surface area contributed by atoms with Gasteiger partial charge in [-0.25, -0.2) is 0 Å². The molecule has 0 atom stereocenters. The van der Waals surface area contributed by atoms with Crippen molar-refractivity contribution in [2.45, 2.75) is 52.4 Å². The summed E-state index contributed by atoms with van der Waals surface area (Å²) in [6.07, 6.45) is 6.64. The Bertz CT molecular complexity index is 1270. The molecule has 2 heterocycles. The minimum absolute atomic E-state index is 0.135. The largest absolute Gasteiger partial charge is 0.494 e. The van der Waals surface area contributed by atoms with E-state index >= 15 is 0 Å². The zero-order valence-corrected chi connectivity index (χ0v) is 19.7. The van der Waals surface area contributed by atoms with Crippen LogP contribution in [0.3, 0.4) is 0 Å². The van der Waals surface area contributed by atoms with Crippen LogP contribution in [0, 0.1) is 0 Å². The van der Waals surface area contributed by atoms with E-state index in [1.165, 1.54) is 40.7 Å². The molecule has 0 aliphatic carbocycles. The summed E-state index contributed by atoms with van der Waals surface area (Å²) >= 11 is 1.36. The molecule has 6 heteroatoms. The highest BCUT2D eigenvalue weighted by Crippen LogP contribution is 2.21. The number of thiazole rings is 1. The van der Waals surface area contributed by atoms with E-state index in [2.05, 4.69) is 43.0 Å². The monoisotopic (exact) mass is 447 g/mol. The van der Waals surface area contributed by atoms with Crippen molar-refractivity contribution in [1.29, 1.82) is 0 Å². The van der Waals surface area contributed by atoms with Gasteiger partial charge in [0.25, 0.3) is 5.56 Å². The SMILES string of the molecule is CCCCCCOc1ccc(-c2nc3sc(=Cc4ccc(C(C)C)cc4)c(=O)n3n2)cc1. The Morgan fingerprint density at radius 3 is 2.44 bits per heavy atom. The molecule has 5 nitrogen and oxygen atoms in total. The lowest BCUT2D eigenvalue weighted by atomic mass is 10.0. The van der Waals surface area contributed by atoms with Gasteiger partial charge in [-0.05, 0) is 53.8 Å². The molecule has 2 aromatic carbocycles. The van der Waals surface area contributed by atoms with E-state index in [1.807, 2.05) is 42.5 Å². The van der Waals surface area contributed by atoms with Crippen LogP contribution in [0.25, 0.3) is 22.4 Å². The number of rotatable bonds is 9. The molecule has 0 saturated carbocycles. The lowest BCUT2D eigenvalue weighted by Gasteiger charge is -2.06. The van der Waals surface area contributed by atoms with Crippen LogP contribution in [0.5, 0.6) is 5.75 Å². The molecule has 166 valence electrons. The molecule has 4 rings (SSSR count). The fraction of sp³-hybridized carbons (Fsp3) is 0.346. The number of benzene rings is 2. The summed E-state index contributed by atoms with van der Waals surface area (Å²) in [5, 5.41) is 4.45. The standard InChI is InChI=1S/C26H29N3O2S/c1-4-5-6-7-16-31-22-14-12-21(13-15-22)24-27-26-29(28-24)25(30)23(32-26)17-19-8-10-20(11-9-19)18(2)3/h8-15,17-18H,4-7,16H2,1-3H3. The summed E-state index contributed by atoms with van der Waals surface area (Å²) in [6.45, 7) is 7.27. The fourth-order valence-corrected chi connectivity index (χ4v) is 4.41. The second kappa shape index (κ2) is 10.1. The number of fused-ring (bicyclic) bond motifs is 1. The third-order valence-corrected chi connectivity index (χ3v) is 6.42. The molecule has 0 radical (unpaired) electrons. The molecule has 0 bridgehead atoms. The number of aromatic nitrogens is 3. The van der Waals surface area contributed by atoms with E-state index in [-0.39, 0.29) is 5.56 Å². The average Bonchev–Trinajstić information content (AvgIpc) is 3.34. The van der Waals surface area contributed by atoms with E-state index in [0.717, 1.165) is 29.9 Å². The Balaban J connectivity index is 1.49. The number of hydrogen-bond donors (Lipinski definition) is 0. The number of hydrogen-bond acceptors (Lipinski definition) is 5. The highest BCUT2D eigenvalue weighted by molar-refractivity contribution is 7.15. The van der Waals surface area contributed by atoms with Crippen molar-refractivity contribution < 1.29 is 4.74 Å². The molecular formula is C26H29N3O2S. The summed E-state index contributed by atoms with van der Waals surface area (Å²) in [4.78, 5) is 18.0. The van der Waals surface area contributed by atoms with E-state index in [0.29, 0.717) is 21.2 Å². The Kier molecular flexibility index (Phi) is 7.00. The summed E-state index contributed by atoms with van der Waals surface area (Å²) in [5.41, 5.74) is 3.02. The Hall–Kier alpha value is -2.99. The van der Waals surface area contributed by atoms with Gasteiger partial charge >= 0.3 is 0 Å². The van der Waals surface area contributed by atoms with E-state index < -0.39 is 0 Å². The summed E-state index contributed by atoms with van der Waals surface area (Å²) < 4.78 is 7.83. The first kappa shape index (κ1) is 22.2. The predicted octanol–water partition coefficient (Wildman–Crippen LogP) is 5.45. The Labute approximate surface area is 192 Å². The van der Waals surface area contributed by atoms with Crippen molar-refractivity contribution in [3.8, 4) is 17.1 Å². The van der Waals surface area contributed by atoms with E-state index in [1.54, 1.807) is 0 Å². The van der Waals surface area contributed by atoms with Gasteiger partial charge in [0.1, 0.15) is 5.75 Å². The molecule has 0 aliphatic heterocycles.